The fraction of sp³-hybridized carbons (Fsp3) is 0.125. The number of rotatable bonds is 0. The molecule has 1 rings (SSSR count). The second kappa shape index (κ2) is 4.23. The van der Waals surface area contributed by atoms with E-state index in [0.29, 0.717) is 11.0 Å². The molecule has 0 spiro atoms. The van der Waals surface area contributed by atoms with Crippen molar-refractivity contribution in [3.8, 4) is 11.8 Å². The van der Waals surface area contributed by atoms with Gasteiger partial charge in [-0.1, -0.05) is 23.4 Å². The van der Waals surface area contributed by atoms with Crippen LogP contribution in [-0.2, 0) is 0 Å². The maximum Gasteiger partial charge on any atom is 0.144 e. The average Bonchev–Trinajstić information content (AvgIpc) is 2.03. The van der Waals surface area contributed by atoms with Gasteiger partial charge in [-0.05, 0) is 12.1 Å². The Morgan fingerprint density at radius 3 is 3.00 bits per heavy atom. The van der Waals surface area contributed by atoms with Crippen LogP contribution in [0.2, 0.25) is 5.15 Å². The van der Waals surface area contributed by atoms with E-state index in [1.165, 1.54) is 0 Å². The molecule has 0 aliphatic heterocycles. The standard InChI is InChI=1S/C8H5Cl2N/c9-5-1-3-7-4-2-6-11-8(7)10/h2,4,6H,5H2. The Bertz CT molecular complexity index is 298. The quantitative estimate of drug-likeness (QED) is 0.344. The first-order valence-electron chi connectivity index (χ1n) is 3.00. The van der Waals surface area contributed by atoms with Gasteiger partial charge in [0.1, 0.15) is 5.15 Å². The van der Waals surface area contributed by atoms with Gasteiger partial charge in [0.2, 0.25) is 0 Å². The molecule has 1 aromatic rings. The minimum absolute atomic E-state index is 0.311. The summed E-state index contributed by atoms with van der Waals surface area (Å²) in [5.41, 5.74) is 0.717. The summed E-state index contributed by atoms with van der Waals surface area (Å²) in [6.45, 7) is 0. The highest BCUT2D eigenvalue weighted by Crippen LogP contribution is 2.08. The third-order valence-electron chi connectivity index (χ3n) is 1.05. The van der Waals surface area contributed by atoms with Gasteiger partial charge in [0, 0.05) is 6.20 Å². The van der Waals surface area contributed by atoms with Crippen LogP contribution >= 0.6 is 23.2 Å². The third-order valence-corrected chi connectivity index (χ3v) is 1.48. The minimum Gasteiger partial charge on any atom is -0.243 e. The molecule has 0 aromatic carbocycles. The average molecular weight is 186 g/mol. The van der Waals surface area contributed by atoms with Crippen molar-refractivity contribution in [2.45, 2.75) is 0 Å². The molecule has 0 saturated heterocycles. The molecule has 1 heterocycles. The van der Waals surface area contributed by atoms with E-state index in [1.54, 1.807) is 18.3 Å². The third kappa shape index (κ3) is 2.42. The lowest BCUT2D eigenvalue weighted by atomic mass is 10.3. The van der Waals surface area contributed by atoms with Gasteiger partial charge in [0.05, 0.1) is 11.4 Å². The van der Waals surface area contributed by atoms with Gasteiger partial charge < -0.3 is 0 Å². The normalized spacial score (nSPS) is 8.55. The van der Waals surface area contributed by atoms with E-state index in [1.807, 2.05) is 0 Å². The Balaban J connectivity index is 2.95. The van der Waals surface area contributed by atoms with Crippen molar-refractivity contribution in [3.05, 3.63) is 29.0 Å². The zero-order valence-electron chi connectivity index (χ0n) is 5.64. The molecule has 11 heavy (non-hydrogen) atoms. The lowest BCUT2D eigenvalue weighted by Gasteiger charge is -1.90. The van der Waals surface area contributed by atoms with Crippen molar-refractivity contribution >= 4 is 23.2 Å². The predicted molar refractivity (Wildman–Crippen MR) is 46.8 cm³/mol. The zero-order valence-corrected chi connectivity index (χ0v) is 7.15. The highest BCUT2D eigenvalue weighted by atomic mass is 35.5. The monoisotopic (exact) mass is 185 g/mol. The lowest BCUT2D eigenvalue weighted by molar-refractivity contribution is 1.31. The molecule has 0 bridgehead atoms. The van der Waals surface area contributed by atoms with Crippen molar-refractivity contribution < 1.29 is 0 Å². The summed E-state index contributed by atoms with van der Waals surface area (Å²) in [6.07, 6.45) is 1.62. The topological polar surface area (TPSA) is 12.9 Å². The summed E-state index contributed by atoms with van der Waals surface area (Å²) in [7, 11) is 0. The Hall–Kier alpha value is -0.710. The maximum absolute atomic E-state index is 5.70. The molecule has 0 fully saturated rings. The van der Waals surface area contributed by atoms with E-state index >= 15 is 0 Å². The first-order valence-corrected chi connectivity index (χ1v) is 3.91. The van der Waals surface area contributed by atoms with Crippen LogP contribution in [0.1, 0.15) is 5.56 Å². The Labute approximate surface area is 75.4 Å². The first kappa shape index (κ1) is 8.39. The summed E-state index contributed by atoms with van der Waals surface area (Å²) in [4.78, 5) is 3.85. The van der Waals surface area contributed by atoms with Crippen molar-refractivity contribution in [1.29, 1.82) is 0 Å². The number of pyridine rings is 1. The highest BCUT2D eigenvalue weighted by molar-refractivity contribution is 6.30. The first-order chi connectivity index (χ1) is 5.34. The van der Waals surface area contributed by atoms with Gasteiger partial charge in [-0.3, -0.25) is 0 Å². The van der Waals surface area contributed by atoms with Crippen LogP contribution in [0.25, 0.3) is 0 Å². The molecule has 3 heteroatoms. The van der Waals surface area contributed by atoms with Crippen molar-refractivity contribution in [1.82, 2.24) is 4.98 Å². The van der Waals surface area contributed by atoms with E-state index < -0.39 is 0 Å². The molecule has 56 valence electrons. The van der Waals surface area contributed by atoms with Gasteiger partial charge in [-0.15, -0.1) is 11.6 Å². The fourth-order valence-corrected chi connectivity index (χ4v) is 0.841. The van der Waals surface area contributed by atoms with Crippen molar-refractivity contribution in [2.75, 3.05) is 5.88 Å². The molecule has 0 unspecified atom stereocenters. The summed E-state index contributed by atoms with van der Waals surface area (Å²) < 4.78 is 0. The van der Waals surface area contributed by atoms with Gasteiger partial charge in [0.25, 0.3) is 0 Å². The highest BCUT2D eigenvalue weighted by Gasteiger charge is 1.93. The molecule has 0 radical (unpaired) electrons. The summed E-state index contributed by atoms with van der Waals surface area (Å²) in [5, 5.41) is 0.421. The summed E-state index contributed by atoms with van der Waals surface area (Å²) >= 11 is 11.1. The van der Waals surface area contributed by atoms with E-state index in [0.717, 1.165) is 5.56 Å². The largest absolute Gasteiger partial charge is 0.243 e. The number of halogens is 2. The van der Waals surface area contributed by atoms with Crippen LogP contribution in [0.3, 0.4) is 0 Å². The second-order valence-corrected chi connectivity index (χ2v) is 2.40. The molecule has 0 saturated carbocycles. The number of aromatic nitrogens is 1. The van der Waals surface area contributed by atoms with Crippen LogP contribution < -0.4 is 0 Å². The maximum atomic E-state index is 5.70. The van der Waals surface area contributed by atoms with E-state index in [2.05, 4.69) is 16.8 Å². The van der Waals surface area contributed by atoms with Gasteiger partial charge in [0.15, 0.2) is 0 Å². The van der Waals surface area contributed by atoms with Gasteiger partial charge in [-0.25, -0.2) is 4.98 Å². The molecular weight excluding hydrogens is 181 g/mol. The van der Waals surface area contributed by atoms with Gasteiger partial charge >= 0.3 is 0 Å². The van der Waals surface area contributed by atoms with E-state index in [9.17, 15) is 0 Å². The summed E-state index contributed by atoms with van der Waals surface area (Å²) in [6, 6.07) is 3.58. The summed E-state index contributed by atoms with van der Waals surface area (Å²) in [5.74, 6) is 5.79. The Morgan fingerprint density at radius 2 is 2.36 bits per heavy atom. The molecule has 0 atom stereocenters. The smallest absolute Gasteiger partial charge is 0.144 e. The Kier molecular flexibility index (Phi) is 3.22. The molecular formula is C8H5Cl2N. The van der Waals surface area contributed by atoms with Crippen LogP contribution in [-0.4, -0.2) is 10.9 Å². The van der Waals surface area contributed by atoms with Crippen LogP contribution in [0, 0.1) is 11.8 Å². The molecule has 1 aromatic heterocycles. The minimum atomic E-state index is 0.311. The van der Waals surface area contributed by atoms with Crippen LogP contribution in [0.15, 0.2) is 18.3 Å². The Morgan fingerprint density at radius 1 is 1.55 bits per heavy atom. The molecule has 0 amide bonds. The molecule has 0 N–H and O–H groups in total. The van der Waals surface area contributed by atoms with Crippen LogP contribution in [0.5, 0.6) is 0 Å². The number of alkyl halides is 1. The number of hydrogen-bond acceptors (Lipinski definition) is 1. The van der Waals surface area contributed by atoms with Gasteiger partial charge in [-0.2, -0.15) is 0 Å². The van der Waals surface area contributed by atoms with E-state index in [4.69, 9.17) is 23.2 Å². The van der Waals surface area contributed by atoms with Crippen molar-refractivity contribution in [2.24, 2.45) is 0 Å². The number of nitrogens with zero attached hydrogens (tertiary/aromatic N) is 1. The molecule has 0 aliphatic rings. The second-order valence-electron chi connectivity index (χ2n) is 1.78. The zero-order chi connectivity index (χ0) is 8.10. The number of hydrogen-bond donors (Lipinski definition) is 0. The van der Waals surface area contributed by atoms with Crippen molar-refractivity contribution in [3.63, 3.8) is 0 Å². The predicted octanol–water partition coefficient (Wildman–Crippen LogP) is 2.33. The SMILES string of the molecule is ClCC#Cc1cccnc1Cl. The van der Waals surface area contributed by atoms with Crippen LogP contribution in [0.4, 0.5) is 0 Å². The fourth-order valence-electron chi connectivity index (χ4n) is 0.608. The molecule has 1 nitrogen and oxygen atoms in total. The van der Waals surface area contributed by atoms with E-state index in [-0.39, 0.29) is 0 Å². The molecule has 0 aliphatic carbocycles. The lowest BCUT2D eigenvalue weighted by Crippen LogP contribution is -1.79.